The highest BCUT2D eigenvalue weighted by Crippen LogP contribution is 2.36. The number of nitrogens with zero attached hydrogens (tertiary/aromatic N) is 5. The fourth-order valence-corrected chi connectivity index (χ4v) is 4.67. The number of aromatic nitrogens is 2. The molecule has 1 aliphatic carbocycles. The van der Waals surface area contributed by atoms with Crippen LogP contribution in [-0.4, -0.2) is 55.1 Å². The molecule has 1 N–H and O–H groups in total. The molecule has 0 bridgehead atoms. The van der Waals surface area contributed by atoms with Crippen molar-refractivity contribution in [2.75, 3.05) is 43.0 Å². The summed E-state index contributed by atoms with van der Waals surface area (Å²) in [7, 11) is 2.00. The van der Waals surface area contributed by atoms with Crippen LogP contribution >= 0.6 is 0 Å². The summed E-state index contributed by atoms with van der Waals surface area (Å²) in [6.07, 6.45) is 4.98. The summed E-state index contributed by atoms with van der Waals surface area (Å²) >= 11 is 0. The maximum Gasteiger partial charge on any atom is 0.150 e. The van der Waals surface area contributed by atoms with E-state index in [1.54, 1.807) is 0 Å². The normalized spacial score (nSPS) is 21.0. The fourth-order valence-electron chi connectivity index (χ4n) is 4.67. The topological polar surface area (TPSA) is 77.2 Å². The lowest BCUT2D eigenvalue weighted by molar-refractivity contribution is 0.112. The highest BCUT2D eigenvalue weighted by molar-refractivity contribution is 5.85. The number of rotatable bonds is 5. The van der Waals surface area contributed by atoms with E-state index >= 15 is 0 Å². The predicted octanol–water partition coefficient (Wildman–Crippen LogP) is 2.97. The van der Waals surface area contributed by atoms with Crippen molar-refractivity contribution in [3.8, 4) is 6.07 Å². The lowest BCUT2D eigenvalue weighted by Crippen LogP contribution is -2.46. The van der Waals surface area contributed by atoms with Crippen molar-refractivity contribution in [2.45, 2.75) is 24.9 Å². The minimum absolute atomic E-state index is 0.399. The third-order valence-corrected chi connectivity index (χ3v) is 6.70. The van der Waals surface area contributed by atoms with Crippen molar-refractivity contribution in [1.82, 2.24) is 14.9 Å². The molecule has 1 saturated heterocycles. The van der Waals surface area contributed by atoms with Gasteiger partial charge in [-0.1, -0.05) is 0 Å². The van der Waals surface area contributed by atoms with E-state index in [-0.39, 0.29) is 0 Å². The molecule has 5 rings (SSSR count). The minimum atomic E-state index is 0.399. The van der Waals surface area contributed by atoms with E-state index in [2.05, 4.69) is 25.8 Å². The number of aldehydes is 1. The summed E-state index contributed by atoms with van der Waals surface area (Å²) in [6, 6.07) is 15.1. The minimum Gasteiger partial charge on any atom is -0.368 e. The van der Waals surface area contributed by atoms with E-state index in [1.165, 1.54) is 0 Å². The molecular weight excluding hydrogens is 388 g/mol. The molecule has 158 valence electrons. The molecule has 1 aromatic carbocycles. The van der Waals surface area contributed by atoms with E-state index in [9.17, 15) is 10.1 Å². The Morgan fingerprint density at radius 3 is 2.42 bits per heavy atom. The van der Waals surface area contributed by atoms with Crippen LogP contribution in [0.5, 0.6) is 0 Å². The first-order valence-electron chi connectivity index (χ1n) is 10.8. The fraction of sp³-hybridized carbons (Fsp3) is 0.375. The number of anilines is 2. The molecule has 0 amide bonds. The van der Waals surface area contributed by atoms with Gasteiger partial charge in [-0.15, -0.1) is 0 Å². The van der Waals surface area contributed by atoms with Gasteiger partial charge in [0.15, 0.2) is 0 Å². The molecule has 1 aliphatic heterocycles. The summed E-state index contributed by atoms with van der Waals surface area (Å²) in [5.74, 6) is 0.969. The monoisotopic (exact) mass is 414 g/mol. The Hall–Kier alpha value is -3.37. The van der Waals surface area contributed by atoms with Gasteiger partial charge in [0, 0.05) is 61.1 Å². The van der Waals surface area contributed by atoms with Crippen molar-refractivity contribution in [2.24, 2.45) is 0 Å². The first kappa shape index (κ1) is 19.6. The molecule has 7 heteroatoms. The van der Waals surface area contributed by atoms with Crippen molar-refractivity contribution < 1.29 is 4.79 Å². The molecule has 7 nitrogen and oxygen atoms in total. The number of benzene rings is 1. The number of nitriles is 1. The number of carbonyl (C=O) groups excluding carboxylic acids is 1. The van der Waals surface area contributed by atoms with Gasteiger partial charge in [0.2, 0.25) is 0 Å². The summed E-state index contributed by atoms with van der Waals surface area (Å²) < 4.78 is 2.20. The number of hydrogen-bond donors (Lipinski definition) is 1. The Labute approximate surface area is 181 Å². The van der Waals surface area contributed by atoms with Crippen LogP contribution < -0.4 is 15.1 Å². The van der Waals surface area contributed by atoms with Crippen molar-refractivity contribution in [3.05, 3.63) is 53.7 Å². The lowest BCUT2D eigenvalue weighted by atomic mass is 9.87. The number of fused-ring (bicyclic) bond motifs is 1. The van der Waals surface area contributed by atoms with E-state index in [0.29, 0.717) is 23.2 Å². The molecule has 2 aliphatic rings. The first-order chi connectivity index (χ1) is 15.2. The van der Waals surface area contributed by atoms with Crippen molar-refractivity contribution in [3.63, 3.8) is 0 Å². The zero-order chi connectivity index (χ0) is 21.4. The number of carbonyl (C=O) groups is 1. The van der Waals surface area contributed by atoms with Crippen molar-refractivity contribution >= 4 is 28.8 Å². The molecule has 0 unspecified atom stereocenters. The molecule has 31 heavy (non-hydrogen) atoms. The van der Waals surface area contributed by atoms with Gasteiger partial charge in [0.1, 0.15) is 23.8 Å². The van der Waals surface area contributed by atoms with Gasteiger partial charge in [-0.05, 0) is 56.3 Å². The van der Waals surface area contributed by atoms with Crippen LogP contribution in [0.15, 0.2) is 42.6 Å². The summed E-state index contributed by atoms with van der Waals surface area (Å²) in [4.78, 5) is 20.5. The van der Waals surface area contributed by atoms with Crippen LogP contribution in [0.4, 0.5) is 11.5 Å². The molecular formula is C24H26N6O. The van der Waals surface area contributed by atoms with Crippen LogP contribution in [0.2, 0.25) is 0 Å². The number of hydrogen-bond acceptors (Lipinski definition) is 6. The Morgan fingerprint density at radius 2 is 1.77 bits per heavy atom. The second kappa shape index (κ2) is 8.05. The van der Waals surface area contributed by atoms with Crippen LogP contribution in [0, 0.1) is 11.3 Å². The highest BCUT2D eigenvalue weighted by Gasteiger charge is 2.31. The second-order valence-electron chi connectivity index (χ2n) is 8.40. The Kier molecular flexibility index (Phi) is 5.08. The average Bonchev–Trinajstić information content (AvgIpc) is 3.16. The second-order valence-corrected chi connectivity index (χ2v) is 8.40. The standard InChI is InChI=1S/C24H26N6O/c1-26-19-12-21(13-19)30-15-18(14-25)22-6-7-23(27-24(22)30)29-10-8-28(9-11-29)20-4-2-17(16-31)3-5-20/h2-7,15-16,19,21,26H,8-13H2,1H3/t19-,21-. The third kappa shape index (κ3) is 3.53. The highest BCUT2D eigenvalue weighted by atomic mass is 16.1. The molecule has 2 aromatic heterocycles. The third-order valence-electron chi connectivity index (χ3n) is 6.70. The zero-order valence-corrected chi connectivity index (χ0v) is 17.7. The number of piperazine rings is 1. The molecule has 0 spiro atoms. The van der Waals surface area contributed by atoms with E-state index in [4.69, 9.17) is 4.98 Å². The van der Waals surface area contributed by atoms with Gasteiger partial charge >= 0.3 is 0 Å². The van der Waals surface area contributed by atoms with Crippen LogP contribution in [0.3, 0.4) is 0 Å². The van der Waals surface area contributed by atoms with Gasteiger partial charge in [-0.3, -0.25) is 4.79 Å². The van der Waals surface area contributed by atoms with Gasteiger partial charge in [0.25, 0.3) is 0 Å². The Bertz CT molecular complexity index is 1130. The van der Waals surface area contributed by atoms with Gasteiger partial charge in [-0.2, -0.15) is 5.26 Å². The molecule has 0 radical (unpaired) electrons. The predicted molar refractivity (Wildman–Crippen MR) is 122 cm³/mol. The van der Waals surface area contributed by atoms with E-state index < -0.39 is 0 Å². The molecule has 2 fully saturated rings. The maximum atomic E-state index is 10.9. The van der Waals surface area contributed by atoms with Gasteiger partial charge in [0.05, 0.1) is 5.56 Å². The zero-order valence-electron chi connectivity index (χ0n) is 17.7. The van der Waals surface area contributed by atoms with Crippen LogP contribution in [0.1, 0.15) is 34.8 Å². The molecule has 1 saturated carbocycles. The van der Waals surface area contributed by atoms with Gasteiger partial charge < -0.3 is 19.7 Å². The van der Waals surface area contributed by atoms with Gasteiger partial charge in [-0.25, -0.2) is 4.98 Å². The average molecular weight is 415 g/mol. The Morgan fingerprint density at radius 1 is 1.06 bits per heavy atom. The quantitative estimate of drug-likeness (QED) is 0.647. The number of pyridine rings is 1. The molecule has 3 heterocycles. The summed E-state index contributed by atoms with van der Waals surface area (Å²) in [5.41, 5.74) is 3.46. The lowest BCUT2D eigenvalue weighted by Gasteiger charge is -2.37. The largest absolute Gasteiger partial charge is 0.368 e. The smallest absolute Gasteiger partial charge is 0.150 e. The van der Waals surface area contributed by atoms with E-state index in [0.717, 1.165) is 67.8 Å². The van der Waals surface area contributed by atoms with E-state index in [1.807, 2.05) is 49.6 Å². The Balaban J connectivity index is 1.35. The molecule has 3 aromatic rings. The van der Waals surface area contributed by atoms with Crippen molar-refractivity contribution in [1.29, 1.82) is 5.26 Å². The SMILES string of the molecule is CN[C@H]1C[C@H](n2cc(C#N)c3ccc(N4CCN(c5ccc(C=O)cc5)CC4)nc32)C1. The first-order valence-corrected chi connectivity index (χ1v) is 10.8. The number of nitrogens with one attached hydrogen (secondary N) is 1. The van der Waals surface area contributed by atoms with Crippen LogP contribution in [-0.2, 0) is 0 Å². The maximum absolute atomic E-state index is 10.9. The van der Waals surface area contributed by atoms with Crippen LogP contribution in [0.25, 0.3) is 11.0 Å². The molecule has 0 atom stereocenters. The summed E-state index contributed by atoms with van der Waals surface area (Å²) in [5, 5.41) is 13.8. The summed E-state index contributed by atoms with van der Waals surface area (Å²) in [6.45, 7) is 3.56.